The summed E-state index contributed by atoms with van der Waals surface area (Å²) >= 11 is 0. The van der Waals surface area contributed by atoms with E-state index in [1.165, 1.54) is 44.9 Å². The summed E-state index contributed by atoms with van der Waals surface area (Å²) in [7, 11) is -4.23. The Morgan fingerprint density at radius 1 is 0.905 bits per heavy atom. The van der Waals surface area contributed by atoms with Gasteiger partial charge in [-0.15, -0.1) is 0 Å². The van der Waals surface area contributed by atoms with Crippen molar-refractivity contribution in [3.05, 3.63) is 6.92 Å². The zero-order chi connectivity index (χ0) is 15.7. The average Bonchev–Trinajstić information content (AvgIpc) is 2.35. The third kappa shape index (κ3) is 33.6. The molecule has 0 aliphatic heterocycles. The molecule has 0 rings (SSSR count). The van der Waals surface area contributed by atoms with E-state index < -0.39 is 10.4 Å². The second-order valence-corrected chi connectivity index (χ2v) is 5.75. The molecule has 0 fully saturated rings. The second-order valence-electron chi connectivity index (χ2n) is 4.66. The van der Waals surface area contributed by atoms with Crippen LogP contribution in [-0.2, 0) is 14.6 Å². The maximum absolute atomic E-state index is 10.2. The van der Waals surface area contributed by atoms with Crippen LogP contribution in [0.4, 0.5) is 0 Å². The van der Waals surface area contributed by atoms with Gasteiger partial charge in [0.05, 0.1) is 6.61 Å². The standard InChI is InChI=1S/C12H26O4S.C2H5O.Na/c1-2-3-4-5-6-7-8-9-10-11-12-16-17(13,14)15;1-2-3;/h2-12H2,1H3,(H,13,14,15);3H,1-2H2;/q;-1;+1. The van der Waals surface area contributed by atoms with Crippen LogP contribution < -0.4 is 29.6 Å². The fourth-order valence-corrected chi connectivity index (χ4v) is 2.08. The molecule has 0 bridgehead atoms. The second kappa shape index (κ2) is 20.8. The minimum Gasteiger partial charge on any atom is -0.428 e. The molecule has 0 aliphatic carbocycles. The van der Waals surface area contributed by atoms with E-state index in [9.17, 15) is 8.42 Å². The van der Waals surface area contributed by atoms with Gasteiger partial charge in [0.2, 0.25) is 0 Å². The number of hydrogen-bond acceptors (Lipinski definition) is 4. The number of hydrogen-bond donors (Lipinski definition) is 2. The quantitative estimate of drug-likeness (QED) is 0.236. The van der Waals surface area contributed by atoms with Crippen LogP contribution in [0.15, 0.2) is 0 Å². The van der Waals surface area contributed by atoms with Gasteiger partial charge in [0.1, 0.15) is 0 Å². The van der Waals surface area contributed by atoms with Crippen LogP contribution in [0, 0.1) is 6.92 Å². The summed E-state index contributed by atoms with van der Waals surface area (Å²) in [5.74, 6) is 0. The van der Waals surface area contributed by atoms with Gasteiger partial charge in [-0.2, -0.15) is 8.42 Å². The molecule has 0 saturated carbocycles. The monoisotopic (exact) mass is 334 g/mol. The van der Waals surface area contributed by atoms with Gasteiger partial charge < -0.3 is 12.0 Å². The van der Waals surface area contributed by atoms with Crippen molar-refractivity contribution in [2.24, 2.45) is 0 Å². The van der Waals surface area contributed by atoms with Crippen molar-refractivity contribution >= 4 is 10.4 Å². The topological polar surface area (TPSA) is 83.8 Å². The van der Waals surface area contributed by atoms with Gasteiger partial charge in [-0.3, -0.25) is 4.55 Å². The molecule has 21 heavy (non-hydrogen) atoms. The number of aliphatic hydroxyl groups is 1. The first-order valence-electron chi connectivity index (χ1n) is 7.49. The van der Waals surface area contributed by atoms with E-state index >= 15 is 0 Å². The van der Waals surface area contributed by atoms with E-state index in [1.54, 1.807) is 0 Å². The largest absolute Gasteiger partial charge is 1.00 e. The summed E-state index contributed by atoms with van der Waals surface area (Å²) in [5.41, 5.74) is 0. The van der Waals surface area contributed by atoms with E-state index in [0.29, 0.717) is 6.42 Å². The predicted octanol–water partition coefficient (Wildman–Crippen LogP) is 0.543. The van der Waals surface area contributed by atoms with Crippen LogP contribution >= 0.6 is 0 Å². The smallest absolute Gasteiger partial charge is 0.428 e. The number of unbranched alkanes of at least 4 members (excludes halogenated alkanes) is 9. The molecule has 0 heterocycles. The van der Waals surface area contributed by atoms with Crippen molar-refractivity contribution in [3.8, 4) is 0 Å². The molecule has 0 aromatic rings. The molecule has 0 aromatic heterocycles. The Kier molecular flexibility index (Phi) is 26.5. The third-order valence-electron chi connectivity index (χ3n) is 2.73. The molecule has 2 N–H and O–H groups in total. The van der Waals surface area contributed by atoms with Crippen LogP contribution in [0.1, 0.15) is 71.1 Å². The Balaban J connectivity index is -0.000000740. The predicted molar refractivity (Wildman–Crippen MR) is 81.8 cm³/mol. The number of rotatable bonds is 12. The molecular formula is C14H31NaO5S. The van der Waals surface area contributed by atoms with Crippen LogP contribution in [0.3, 0.4) is 0 Å². The molecule has 0 aliphatic rings. The first-order valence-corrected chi connectivity index (χ1v) is 8.86. The first kappa shape index (κ1) is 26.7. The SMILES string of the molecule is CCCCCCCCCCCCOS(=O)(=O)O.[CH2-]CO.[Na+]. The molecule has 7 heteroatoms. The molecule has 124 valence electrons. The minimum atomic E-state index is -4.23. The molecule has 0 radical (unpaired) electrons. The van der Waals surface area contributed by atoms with Crippen molar-refractivity contribution in [2.75, 3.05) is 13.2 Å². The van der Waals surface area contributed by atoms with E-state index in [4.69, 9.17) is 9.66 Å². The summed E-state index contributed by atoms with van der Waals surface area (Å²) in [6.07, 6.45) is 11.9. The van der Waals surface area contributed by atoms with Crippen molar-refractivity contribution < 1.29 is 51.8 Å². The van der Waals surface area contributed by atoms with Gasteiger partial charge >= 0.3 is 40.0 Å². The van der Waals surface area contributed by atoms with Crippen molar-refractivity contribution in [3.63, 3.8) is 0 Å². The molecular weight excluding hydrogens is 303 g/mol. The maximum Gasteiger partial charge on any atom is 1.00 e. The van der Waals surface area contributed by atoms with E-state index in [1.807, 2.05) is 0 Å². The zero-order valence-electron chi connectivity index (χ0n) is 13.7. The average molecular weight is 334 g/mol. The van der Waals surface area contributed by atoms with Gasteiger partial charge in [0.15, 0.2) is 0 Å². The van der Waals surface area contributed by atoms with Crippen molar-refractivity contribution in [2.45, 2.75) is 71.1 Å². The molecule has 0 amide bonds. The first-order chi connectivity index (χ1) is 9.47. The Labute approximate surface area is 153 Å². The zero-order valence-corrected chi connectivity index (χ0v) is 16.5. The van der Waals surface area contributed by atoms with Gasteiger partial charge in [0, 0.05) is 0 Å². The Hall–Kier alpha value is 0.830. The molecule has 5 nitrogen and oxygen atoms in total. The van der Waals surface area contributed by atoms with Gasteiger partial charge in [-0.1, -0.05) is 71.3 Å². The van der Waals surface area contributed by atoms with Crippen molar-refractivity contribution in [1.82, 2.24) is 0 Å². The van der Waals surface area contributed by atoms with E-state index in [0.717, 1.165) is 12.8 Å². The number of aliphatic hydroxyl groups excluding tert-OH is 1. The van der Waals surface area contributed by atoms with E-state index in [-0.39, 0.29) is 42.8 Å². The van der Waals surface area contributed by atoms with Crippen LogP contribution in [-0.4, -0.2) is 31.3 Å². The normalized spacial score (nSPS) is 10.5. The summed E-state index contributed by atoms with van der Waals surface area (Å²) in [6, 6.07) is 0. The van der Waals surface area contributed by atoms with Crippen LogP contribution in [0.5, 0.6) is 0 Å². The fraction of sp³-hybridized carbons (Fsp3) is 0.929. The summed E-state index contributed by atoms with van der Waals surface area (Å²) in [4.78, 5) is 0. The van der Waals surface area contributed by atoms with Crippen molar-refractivity contribution in [1.29, 1.82) is 0 Å². The Morgan fingerprint density at radius 2 is 1.24 bits per heavy atom. The fourth-order valence-electron chi connectivity index (χ4n) is 1.75. The summed E-state index contributed by atoms with van der Waals surface area (Å²) in [5, 5.41) is 7.46. The van der Waals surface area contributed by atoms with Crippen LogP contribution in [0.25, 0.3) is 0 Å². The van der Waals surface area contributed by atoms with Gasteiger partial charge in [-0.25, -0.2) is 4.18 Å². The summed E-state index contributed by atoms with van der Waals surface area (Å²) < 4.78 is 33.0. The molecule has 0 saturated heterocycles. The van der Waals surface area contributed by atoms with Gasteiger partial charge in [-0.05, 0) is 6.42 Å². The molecule has 0 aromatic carbocycles. The molecule has 0 spiro atoms. The molecule has 0 unspecified atom stereocenters. The Morgan fingerprint density at radius 3 is 1.57 bits per heavy atom. The van der Waals surface area contributed by atoms with E-state index in [2.05, 4.69) is 18.0 Å². The van der Waals surface area contributed by atoms with Crippen LogP contribution in [0.2, 0.25) is 0 Å². The Bertz CT molecular complexity index is 271. The minimum absolute atomic E-state index is 0. The third-order valence-corrected chi connectivity index (χ3v) is 3.19. The van der Waals surface area contributed by atoms with Gasteiger partial charge in [0.25, 0.3) is 0 Å². The summed E-state index contributed by atoms with van der Waals surface area (Å²) in [6.45, 7) is 5.35. The maximum atomic E-state index is 10.2. The molecule has 0 atom stereocenters.